The molecule has 7 heteroatoms. The minimum absolute atomic E-state index is 0.157. The zero-order valence-corrected chi connectivity index (χ0v) is 14.5. The fourth-order valence-electron chi connectivity index (χ4n) is 2.93. The third-order valence-corrected chi connectivity index (χ3v) is 4.19. The van der Waals surface area contributed by atoms with Gasteiger partial charge in [0.2, 0.25) is 0 Å². The van der Waals surface area contributed by atoms with Crippen LogP contribution >= 0.6 is 0 Å². The lowest BCUT2D eigenvalue weighted by atomic mass is 10.1. The van der Waals surface area contributed by atoms with Crippen LogP contribution < -0.4 is 4.74 Å². The van der Waals surface area contributed by atoms with Gasteiger partial charge in [-0.3, -0.25) is 9.59 Å². The normalized spacial score (nSPS) is 17.1. The molecule has 3 rings (SSSR count). The predicted molar refractivity (Wildman–Crippen MR) is 92.1 cm³/mol. The molecule has 1 fully saturated rings. The van der Waals surface area contributed by atoms with Crippen LogP contribution in [0, 0.1) is 6.92 Å². The summed E-state index contributed by atoms with van der Waals surface area (Å²) >= 11 is 0. The second kappa shape index (κ2) is 8.05. The highest BCUT2D eigenvalue weighted by atomic mass is 16.5. The van der Waals surface area contributed by atoms with E-state index < -0.39 is 12.0 Å². The smallest absolute Gasteiger partial charge is 0.305 e. The molecule has 0 radical (unpaired) electrons. The van der Waals surface area contributed by atoms with Crippen molar-refractivity contribution in [2.45, 2.75) is 26.0 Å². The summed E-state index contributed by atoms with van der Waals surface area (Å²) in [4.78, 5) is 25.4. The first-order chi connectivity index (χ1) is 12.5. The van der Waals surface area contributed by atoms with E-state index in [-0.39, 0.29) is 31.3 Å². The van der Waals surface area contributed by atoms with Crippen LogP contribution in [0.5, 0.6) is 5.75 Å². The Balaban J connectivity index is 1.70. The maximum absolute atomic E-state index is 12.8. The lowest BCUT2D eigenvalue weighted by molar-refractivity contribution is -0.139. The summed E-state index contributed by atoms with van der Waals surface area (Å²) in [6.07, 6.45) is -0.157. The highest BCUT2D eigenvalue weighted by Gasteiger charge is 2.32. The molecule has 7 nitrogen and oxygen atoms in total. The number of amides is 1. The topological polar surface area (TPSA) is 89.2 Å². The third-order valence-electron chi connectivity index (χ3n) is 4.19. The summed E-state index contributed by atoms with van der Waals surface area (Å²) in [7, 11) is 0. The van der Waals surface area contributed by atoms with Gasteiger partial charge in [0.15, 0.2) is 5.76 Å². The maximum Gasteiger partial charge on any atom is 0.305 e. The zero-order valence-electron chi connectivity index (χ0n) is 14.5. The van der Waals surface area contributed by atoms with Gasteiger partial charge in [0.25, 0.3) is 5.91 Å². The van der Waals surface area contributed by atoms with Gasteiger partial charge in [0.1, 0.15) is 18.1 Å². The van der Waals surface area contributed by atoms with E-state index in [1.54, 1.807) is 13.0 Å². The fraction of sp³-hybridized carbons (Fsp3) is 0.368. The van der Waals surface area contributed by atoms with Crippen LogP contribution in [0.3, 0.4) is 0 Å². The first kappa shape index (κ1) is 18.0. The molecule has 1 amide bonds. The molecule has 0 bridgehead atoms. The van der Waals surface area contributed by atoms with Crippen molar-refractivity contribution in [3.8, 4) is 5.75 Å². The van der Waals surface area contributed by atoms with E-state index in [1.807, 2.05) is 30.3 Å². The molecule has 1 unspecified atom stereocenters. The lowest BCUT2D eigenvalue weighted by Crippen LogP contribution is -2.49. The monoisotopic (exact) mass is 359 g/mol. The number of ether oxygens (including phenoxy) is 2. The standard InChI is InChI=1S/C19H21NO6/c1-13-9-16(12-25-15-5-3-2-4-6-15)26-18(13)19(23)20-7-8-24-11-14(20)10-17(21)22/h2-6,9,14H,7-8,10-12H2,1H3,(H,21,22). The molecule has 1 aromatic heterocycles. The number of hydrogen-bond acceptors (Lipinski definition) is 5. The molecular weight excluding hydrogens is 338 g/mol. The molecule has 2 aromatic rings. The Morgan fingerprint density at radius 1 is 1.31 bits per heavy atom. The van der Waals surface area contributed by atoms with Crippen LogP contribution in [-0.4, -0.2) is 47.7 Å². The molecule has 1 atom stereocenters. The van der Waals surface area contributed by atoms with Gasteiger partial charge in [-0.25, -0.2) is 0 Å². The van der Waals surface area contributed by atoms with Gasteiger partial charge in [0.05, 0.1) is 25.7 Å². The van der Waals surface area contributed by atoms with Crippen molar-refractivity contribution in [2.24, 2.45) is 0 Å². The summed E-state index contributed by atoms with van der Waals surface area (Å²) in [6.45, 7) is 2.93. The zero-order chi connectivity index (χ0) is 18.5. The molecular formula is C19H21NO6. The van der Waals surface area contributed by atoms with Crippen molar-refractivity contribution in [1.29, 1.82) is 0 Å². The van der Waals surface area contributed by atoms with Crippen LogP contribution in [0.2, 0.25) is 0 Å². The Bertz CT molecular complexity index is 770. The van der Waals surface area contributed by atoms with Crippen molar-refractivity contribution >= 4 is 11.9 Å². The first-order valence-corrected chi connectivity index (χ1v) is 8.42. The summed E-state index contributed by atoms with van der Waals surface area (Å²) in [5, 5.41) is 9.04. The molecule has 1 aliphatic heterocycles. The van der Waals surface area contributed by atoms with Gasteiger partial charge >= 0.3 is 5.97 Å². The molecule has 1 saturated heterocycles. The van der Waals surface area contributed by atoms with Crippen molar-refractivity contribution < 1.29 is 28.6 Å². The number of carboxylic acid groups (broad SMARTS) is 1. The van der Waals surface area contributed by atoms with E-state index in [4.69, 9.17) is 19.0 Å². The number of furan rings is 1. The SMILES string of the molecule is Cc1cc(COc2ccccc2)oc1C(=O)N1CCOCC1CC(=O)O. The number of carbonyl (C=O) groups excluding carboxylic acids is 1. The highest BCUT2D eigenvalue weighted by Crippen LogP contribution is 2.22. The predicted octanol–water partition coefficient (Wildman–Crippen LogP) is 2.48. The van der Waals surface area contributed by atoms with Crippen molar-refractivity contribution in [1.82, 2.24) is 4.90 Å². The van der Waals surface area contributed by atoms with Gasteiger partial charge in [-0.2, -0.15) is 0 Å². The lowest BCUT2D eigenvalue weighted by Gasteiger charge is -2.34. The van der Waals surface area contributed by atoms with Gasteiger partial charge in [-0.05, 0) is 25.1 Å². The molecule has 2 heterocycles. The van der Waals surface area contributed by atoms with E-state index in [2.05, 4.69) is 0 Å². The molecule has 0 saturated carbocycles. The Kier molecular flexibility index (Phi) is 5.58. The van der Waals surface area contributed by atoms with Gasteiger partial charge < -0.3 is 23.9 Å². The average Bonchev–Trinajstić information content (AvgIpc) is 3.01. The van der Waals surface area contributed by atoms with Gasteiger partial charge in [0, 0.05) is 12.1 Å². The van der Waals surface area contributed by atoms with Gasteiger partial charge in [-0.1, -0.05) is 18.2 Å². The maximum atomic E-state index is 12.8. The van der Waals surface area contributed by atoms with Crippen LogP contribution in [0.15, 0.2) is 40.8 Å². The largest absolute Gasteiger partial charge is 0.486 e. The number of hydrogen-bond donors (Lipinski definition) is 1. The molecule has 1 aromatic carbocycles. The number of benzene rings is 1. The molecule has 1 aliphatic rings. The van der Waals surface area contributed by atoms with E-state index in [9.17, 15) is 9.59 Å². The van der Waals surface area contributed by atoms with Crippen LogP contribution in [0.1, 0.15) is 28.3 Å². The minimum atomic E-state index is -0.966. The summed E-state index contributed by atoms with van der Waals surface area (Å²) in [5.41, 5.74) is 0.697. The number of para-hydroxylation sites is 1. The number of carbonyl (C=O) groups is 2. The highest BCUT2D eigenvalue weighted by molar-refractivity contribution is 5.93. The van der Waals surface area contributed by atoms with Crippen molar-refractivity contribution in [3.63, 3.8) is 0 Å². The second-order valence-corrected chi connectivity index (χ2v) is 6.15. The molecule has 1 N–H and O–H groups in total. The first-order valence-electron chi connectivity index (χ1n) is 8.42. The Morgan fingerprint density at radius 2 is 2.08 bits per heavy atom. The Labute approximate surface area is 151 Å². The molecule has 0 spiro atoms. The number of nitrogens with zero attached hydrogens (tertiary/aromatic N) is 1. The van der Waals surface area contributed by atoms with Crippen LogP contribution in [-0.2, 0) is 16.1 Å². The quantitative estimate of drug-likeness (QED) is 0.852. The molecule has 26 heavy (non-hydrogen) atoms. The summed E-state index contributed by atoms with van der Waals surface area (Å²) < 4.78 is 16.7. The summed E-state index contributed by atoms with van der Waals surface area (Å²) in [6, 6.07) is 10.6. The number of carboxylic acids is 1. The Morgan fingerprint density at radius 3 is 2.81 bits per heavy atom. The number of morpholine rings is 1. The van der Waals surface area contributed by atoms with Crippen molar-refractivity contribution in [3.05, 3.63) is 53.5 Å². The Hall–Kier alpha value is -2.80. The van der Waals surface area contributed by atoms with E-state index in [1.165, 1.54) is 4.90 Å². The van der Waals surface area contributed by atoms with Crippen molar-refractivity contribution in [2.75, 3.05) is 19.8 Å². The average molecular weight is 359 g/mol. The fourth-order valence-corrected chi connectivity index (χ4v) is 2.93. The van der Waals surface area contributed by atoms with E-state index in [0.717, 1.165) is 0 Å². The minimum Gasteiger partial charge on any atom is -0.486 e. The molecule has 0 aliphatic carbocycles. The van der Waals surface area contributed by atoms with E-state index in [0.29, 0.717) is 30.2 Å². The second-order valence-electron chi connectivity index (χ2n) is 6.15. The van der Waals surface area contributed by atoms with Gasteiger partial charge in [-0.15, -0.1) is 0 Å². The number of aliphatic carboxylic acids is 1. The molecule has 138 valence electrons. The van der Waals surface area contributed by atoms with Crippen LogP contribution in [0.25, 0.3) is 0 Å². The number of rotatable bonds is 6. The number of aryl methyl sites for hydroxylation is 1. The summed E-state index contributed by atoms with van der Waals surface area (Å²) in [5.74, 6) is 0.185. The van der Waals surface area contributed by atoms with E-state index >= 15 is 0 Å². The third kappa shape index (κ3) is 4.23. The van der Waals surface area contributed by atoms with Crippen LogP contribution in [0.4, 0.5) is 0 Å².